The molecule has 0 saturated heterocycles. The Morgan fingerprint density at radius 1 is 1.46 bits per heavy atom. The molecule has 13 heavy (non-hydrogen) atoms. The molecule has 0 aromatic rings. The Morgan fingerprint density at radius 3 is 2.54 bits per heavy atom. The molecule has 76 valence electrons. The zero-order valence-corrected chi connectivity index (χ0v) is 9.71. The molecule has 0 aromatic heterocycles. The number of aliphatic hydroxyl groups is 1. The van der Waals surface area contributed by atoms with Crippen molar-refractivity contribution in [2.45, 2.75) is 30.2 Å². The summed E-state index contributed by atoms with van der Waals surface area (Å²) in [4.78, 5) is 2.05. The van der Waals surface area contributed by atoms with Gasteiger partial charge in [-0.25, -0.2) is 0 Å². The summed E-state index contributed by atoms with van der Waals surface area (Å²) in [5, 5.41) is 17.4. The number of nitrogens with zero attached hydrogens (tertiary/aromatic N) is 1. The van der Waals surface area contributed by atoms with Gasteiger partial charge in [0.15, 0.2) is 0 Å². The number of aliphatic hydroxyl groups excluding tert-OH is 1. The fourth-order valence-electron chi connectivity index (χ4n) is 1.72. The Bertz CT molecular complexity index is 196. The van der Waals surface area contributed by atoms with Crippen LogP contribution in [0.2, 0.25) is 0 Å². The highest BCUT2D eigenvalue weighted by Gasteiger charge is 2.30. The zero-order valence-electron chi connectivity index (χ0n) is 8.13. The molecule has 0 amide bonds. The highest BCUT2D eigenvalue weighted by molar-refractivity contribution is 9.09. The minimum Gasteiger partial charge on any atom is -0.392 e. The summed E-state index contributed by atoms with van der Waals surface area (Å²) in [7, 11) is 3.77. The predicted molar refractivity (Wildman–Crippen MR) is 57.5 cm³/mol. The molecule has 0 radical (unpaired) electrons. The van der Waals surface area contributed by atoms with Crippen LogP contribution in [-0.4, -0.2) is 40.9 Å². The van der Waals surface area contributed by atoms with Gasteiger partial charge in [0.2, 0.25) is 0 Å². The fraction of sp³-hybridized carbons (Fsp3) is 0.889. The Hall–Kier alpha value is -0.0900. The Kier molecular flexibility index (Phi) is 3.74. The molecule has 3 nitrogen and oxygen atoms in total. The maximum absolute atomic E-state index is 9.62. The maximum Gasteiger partial charge on any atom is 0.0985 e. The van der Waals surface area contributed by atoms with Crippen LogP contribution >= 0.6 is 15.9 Å². The lowest BCUT2D eigenvalue weighted by atomic mass is 9.86. The van der Waals surface area contributed by atoms with Crippen LogP contribution in [-0.2, 0) is 0 Å². The Balaban J connectivity index is 2.50. The van der Waals surface area contributed by atoms with Crippen molar-refractivity contribution in [2.75, 3.05) is 14.1 Å². The Morgan fingerprint density at radius 2 is 2.08 bits per heavy atom. The molecule has 0 aliphatic heterocycles. The van der Waals surface area contributed by atoms with E-state index in [0.717, 1.165) is 12.8 Å². The largest absolute Gasteiger partial charge is 0.392 e. The van der Waals surface area contributed by atoms with Crippen molar-refractivity contribution in [2.24, 2.45) is 5.92 Å². The van der Waals surface area contributed by atoms with Crippen LogP contribution in [0.25, 0.3) is 0 Å². The van der Waals surface area contributed by atoms with Crippen LogP contribution < -0.4 is 0 Å². The van der Waals surface area contributed by atoms with Gasteiger partial charge in [-0.1, -0.05) is 15.9 Å². The van der Waals surface area contributed by atoms with E-state index in [4.69, 9.17) is 5.41 Å². The van der Waals surface area contributed by atoms with Crippen LogP contribution in [0.5, 0.6) is 0 Å². The summed E-state index contributed by atoms with van der Waals surface area (Å²) in [5.74, 6) is 0.872. The molecule has 3 atom stereocenters. The van der Waals surface area contributed by atoms with Gasteiger partial charge in [0.1, 0.15) is 0 Å². The highest BCUT2D eigenvalue weighted by Crippen LogP contribution is 2.29. The minimum atomic E-state index is -0.293. The van der Waals surface area contributed by atoms with Crippen LogP contribution in [0.15, 0.2) is 0 Å². The summed E-state index contributed by atoms with van der Waals surface area (Å²) in [5.41, 5.74) is 0. The van der Waals surface area contributed by atoms with Crippen LogP contribution in [0.3, 0.4) is 0 Å². The summed E-state index contributed by atoms with van der Waals surface area (Å²) < 4.78 is 0. The van der Waals surface area contributed by atoms with Crippen molar-refractivity contribution in [1.29, 1.82) is 5.41 Å². The molecule has 1 fully saturated rings. The first-order valence-corrected chi connectivity index (χ1v) is 5.52. The lowest BCUT2D eigenvalue weighted by molar-refractivity contribution is 0.123. The number of hydrogen-bond acceptors (Lipinski definition) is 2. The second-order valence-corrected chi connectivity index (χ2v) is 5.05. The van der Waals surface area contributed by atoms with Gasteiger partial charge in [-0.05, 0) is 19.3 Å². The molecule has 2 N–H and O–H groups in total. The number of rotatable bonds is 1. The number of halogens is 1. The van der Waals surface area contributed by atoms with Gasteiger partial charge >= 0.3 is 0 Å². The molecule has 1 aliphatic rings. The SMILES string of the molecule is CN(C)C(=N)[C@H]1CC[C@H](Br)[C@@H](O)C1. The third-order valence-electron chi connectivity index (χ3n) is 2.60. The standard InChI is InChI=1S/C9H17BrN2O/c1-12(2)9(11)6-3-4-7(10)8(13)5-6/h6-8,11,13H,3-5H2,1-2H3/t6-,7-,8-/m0/s1. The van der Waals surface area contributed by atoms with E-state index in [0.29, 0.717) is 12.3 Å². The third-order valence-corrected chi connectivity index (χ3v) is 3.67. The molecule has 1 saturated carbocycles. The molecule has 0 aromatic carbocycles. The van der Waals surface area contributed by atoms with Gasteiger partial charge < -0.3 is 10.0 Å². The average Bonchev–Trinajstić information content (AvgIpc) is 2.08. The number of amidine groups is 1. The summed E-state index contributed by atoms with van der Waals surface area (Å²) >= 11 is 3.43. The Labute approximate surface area is 87.8 Å². The summed E-state index contributed by atoms with van der Waals surface area (Å²) in [6.07, 6.45) is 2.39. The smallest absolute Gasteiger partial charge is 0.0985 e. The third kappa shape index (κ3) is 2.68. The molecule has 1 aliphatic carbocycles. The second kappa shape index (κ2) is 4.42. The molecule has 0 spiro atoms. The molecule has 1 rings (SSSR count). The van der Waals surface area contributed by atoms with Crippen LogP contribution in [0.4, 0.5) is 0 Å². The van der Waals surface area contributed by atoms with Crippen molar-refractivity contribution < 1.29 is 5.11 Å². The van der Waals surface area contributed by atoms with Crippen molar-refractivity contribution in [3.8, 4) is 0 Å². The molecule has 0 unspecified atom stereocenters. The topological polar surface area (TPSA) is 47.3 Å². The molecular weight excluding hydrogens is 232 g/mol. The molecule has 0 heterocycles. The van der Waals surface area contributed by atoms with Gasteiger partial charge in [-0.3, -0.25) is 5.41 Å². The van der Waals surface area contributed by atoms with Gasteiger partial charge in [-0.15, -0.1) is 0 Å². The predicted octanol–water partition coefficient (Wildman–Crippen LogP) is 1.45. The first-order chi connectivity index (χ1) is 6.02. The van der Waals surface area contributed by atoms with E-state index in [1.54, 1.807) is 0 Å². The van der Waals surface area contributed by atoms with Gasteiger partial charge in [0, 0.05) is 24.8 Å². The maximum atomic E-state index is 9.62. The number of alkyl halides is 1. The van der Waals surface area contributed by atoms with Gasteiger partial charge in [0.25, 0.3) is 0 Å². The van der Waals surface area contributed by atoms with Crippen LogP contribution in [0.1, 0.15) is 19.3 Å². The van der Waals surface area contributed by atoms with Crippen molar-refractivity contribution >= 4 is 21.8 Å². The molecule has 4 heteroatoms. The molecule has 0 bridgehead atoms. The second-order valence-electron chi connectivity index (χ2n) is 3.87. The fourth-order valence-corrected chi connectivity index (χ4v) is 2.20. The van der Waals surface area contributed by atoms with Gasteiger partial charge in [0.05, 0.1) is 11.9 Å². The number of nitrogens with one attached hydrogen (secondary N) is 1. The van der Waals surface area contributed by atoms with Crippen molar-refractivity contribution in [3.05, 3.63) is 0 Å². The van der Waals surface area contributed by atoms with E-state index in [1.165, 1.54) is 0 Å². The van der Waals surface area contributed by atoms with E-state index in [9.17, 15) is 5.11 Å². The zero-order chi connectivity index (χ0) is 10.0. The van der Waals surface area contributed by atoms with E-state index < -0.39 is 0 Å². The summed E-state index contributed by atoms with van der Waals surface area (Å²) in [6, 6.07) is 0. The van der Waals surface area contributed by atoms with Gasteiger partial charge in [-0.2, -0.15) is 0 Å². The van der Waals surface area contributed by atoms with E-state index in [2.05, 4.69) is 15.9 Å². The minimum absolute atomic E-state index is 0.221. The lowest BCUT2D eigenvalue weighted by Gasteiger charge is -2.32. The van der Waals surface area contributed by atoms with E-state index >= 15 is 0 Å². The first kappa shape index (κ1) is 11.0. The van der Waals surface area contributed by atoms with Crippen LogP contribution in [0, 0.1) is 11.3 Å². The summed E-state index contributed by atoms with van der Waals surface area (Å²) in [6.45, 7) is 0. The van der Waals surface area contributed by atoms with E-state index in [1.807, 2.05) is 19.0 Å². The first-order valence-electron chi connectivity index (χ1n) is 4.60. The monoisotopic (exact) mass is 248 g/mol. The van der Waals surface area contributed by atoms with Crippen molar-refractivity contribution in [1.82, 2.24) is 4.90 Å². The average molecular weight is 249 g/mol. The molecular formula is C9H17BrN2O. The normalized spacial score (nSPS) is 34.3. The van der Waals surface area contributed by atoms with E-state index in [-0.39, 0.29) is 16.8 Å². The lowest BCUT2D eigenvalue weighted by Crippen LogP contribution is -2.37. The van der Waals surface area contributed by atoms with Crippen molar-refractivity contribution in [3.63, 3.8) is 0 Å². The number of hydrogen-bond donors (Lipinski definition) is 2. The highest BCUT2D eigenvalue weighted by atomic mass is 79.9. The quantitative estimate of drug-likeness (QED) is 0.420.